The molecular weight excluding hydrogens is 276 g/mol. The summed E-state index contributed by atoms with van der Waals surface area (Å²) in [6, 6.07) is 11.2. The number of ether oxygens (including phenoxy) is 2. The zero-order chi connectivity index (χ0) is 15.4. The first-order chi connectivity index (χ1) is 10.6. The Morgan fingerprint density at radius 1 is 1.27 bits per heavy atom. The lowest BCUT2D eigenvalue weighted by atomic mass is 10.0. The van der Waals surface area contributed by atoms with E-state index in [1.807, 2.05) is 6.92 Å². The van der Waals surface area contributed by atoms with Gasteiger partial charge in [-0.2, -0.15) is 0 Å². The van der Waals surface area contributed by atoms with Crippen molar-refractivity contribution in [3.8, 4) is 0 Å². The highest BCUT2D eigenvalue weighted by Crippen LogP contribution is 2.23. The Labute approximate surface area is 133 Å². The van der Waals surface area contributed by atoms with Crippen LogP contribution >= 0.6 is 0 Å². The molecule has 4 nitrogen and oxygen atoms in total. The molecule has 2 aliphatic heterocycles. The van der Waals surface area contributed by atoms with Crippen LogP contribution in [0.5, 0.6) is 0 Å². The Hall–Kier alpha value is -0.940. The molecule has 4 heteroatoms. The van der Waals surface area contributed by atoms with Gasteiger partial charge < -0.3 is 14.8 Å². The van der Waals surface area contributed by atoms with Gasteiger partial charge in [-0.15, -0.1) is 0 Å². The van der Waals surface area contributed by atoms with Gasteiger partial charge in [0.05, 0.1) is 13.2 Å². The first-order valence-electron chi connectivity index (χ1n) is 8.42. The largest absolute Gasteiger partial charge is 0.347 e. The molecule has 0 unspecified atom stereocenters. The minimum atomic E-state index is -0.434. The zero-order valence-electron chi connectivity index (χ0n) is 13.8. The van der Waals surface area contributed by atoms with Crippen LogP contribution in [0.4, 0.5) is 0 Å². The van der Waals surface area contributed by atoms with Gasteiger partial charge in [0.1, 0.15) is 0 Å². The minimum Gasteiger partial charge on any atom is -0.347 e. The Morgan fingerprint density at radius 3 is 2.73 bits per heavy atom. The monoisotopic (exact) mass is 304 g/mol. The molecule has 0 spiro atoms. The predicted octanol–water partition coefficient (Wildman–Crippen LogP) is 2.25. The summed E-state index contributed by atoms with van der Waals surface area (Å²) in [6.45, 7) is 9.92. The number of hydrogen-bond acceptors (Lipinski definition) is 4. The van der Waals surface area contributed by atoms with Gasteiger partial charge in [0.25, 0.3) is 0 Å². The summed E-state index contributed by atoms with van der Waals surface area (Å²) in [4.78, 5) is 2.56. The van der Waals surface area contributed by atoms with Crippen LogP contribution in [0, 0.1) is 5.92 Å². The molecule has 0 bridgehead atoms. The molecule has 2 aliphatic rings. The molecule has 122 valence electrons. The van der Waals surface area contributed by atoms with Crippen LogP contribution in [0.15, 0.2) is 30.3 Å². The smallest absolute Gasteiger partial charge is 0.178 e. The Morgan fingerprint density at radius 2 is 2.00 bits per heavy atom. The van der Waals surface area contributed by atoms with Gasteiger partial charge in [0.15, 0.2) is 5.79 Å². The molecule has 2 fully saturated rings. The fourth-order valence-corrected chi connectivity index (χ4v) is 3.43. The summed E-state index contributed by atoms with van der Waals surface area (Å²) in [7, 11) is 0. The topological polar surface area (TPSA) is 33.7 Å². The molecule has 0 aliphatic carbocycles. The molecule has 0 radical (unpaired) electrons. The second-order valence-electron chi connectivity index (χ2n) is 6.77. The molecule has 0 aromatic heterocycles. The lowest BCUT2D eigenvalue weighted by molar-refractivity contribution is -0.139. The second-order valence-corrected chi connectivity index (χ2v) is 6.77. The van der Waals surface area contributed by atoms with Crippen molar-refractivity contribution in [3.05, 3.63) is 35.9 Å². The van der Waals surface area contributed by atoms with E-state index in [-0.39, 0.29) is 0 Å². The van der Waals surface area contributed by atoms with Crippen molar-refractivity contribution in [2.24, 2.45) is 5.92 Å². The summed E-state index contributed by atoms with van der Waals surface area (Å²) in [5.41, 5.74) is 1.41. The van der Waals surface area contributed by atoms with Crippen LogP contribution in [0.25, 0.3) is 0 Å². The van der Waals surface area contributed by atoms with Crippen molar-refractivity contribution in [2.75, 3.05) is 32.8 Å². The molecule has 1 aromatic carbocycles. The minimum absolute atomic E-state index is 0.434. The third-order valence-electron chi connectivity index (χ3n) is 4.91. The van der Waals surface area contributed by atoms with Gasteiger partial charge in [0, 0.05) is 25.7 Å². The lowest BCUT2D eigenvalue weighted by Gasteiger charge is -2.27. The van der Waals surface area contributed by atoms with Crippen molar-refractivity contribution in [1.82, 2.24) is 10.2 Å². The van der Waals surface area contributed by atoms with Crippen molar-refractivity contribution in [3.63, 3.8) is 0 Å². The molecule has 3 rings (SSSR count). The van der Waals surface area contributed by atoms with Crippen LogP contribution in [0.3, 0.4) is 0 Å². The maximum atomic E-state index is 5.66. The molecule has 22 heavy (non-hydrogen) atoms. The molecule has 1 N–H and O–H groups in total. The molecule has 0 saturated carbocycles. The fourth-order valence-electron chi connectivity index (χ4n) is 3.43. The van der Waals surface area contributed by atoms with Crippen LogP contribution in [0.1, 0.15) is 25.8 Å². The molecule has 2 saturated heterocycles. The van der Waals surface area contributed by atoms with E-state index in [0.29, 0.717) is 25.2 Å². The van der Waals surface area contributed by atoms with Gasteiger partial charge >= 0.3 is 0 Å². The quantitative estimate of drug-likeness (QED) is 0.874. The average molecular weight is 304 g/mol. The van der Waals surface area contributed by atoms with E-state index in [2.05, 4.69) is 47.5 Å². The number of nitrogens with one attached hydrogen (secondary N) is 1. The molecule has 1 aromatic rings. The maximum Gasteiger partial charge on any atom is 0.178 e. The van der Waals surface area contributed by atoms with Gasteiger partial charge in [-0.25, -0.2) is 0 Å². The highest BCUT2D eigenvalue weighted by atomic mass is 16.7. The van der Waals surface area contributed by atoms with E-state index in [1.165, 1.54) is 25.1 Å². The van der Waals surface area contributed by atoms with E-state index in [1.54, 1.807) is 0 Å². The summed E-state index contributed by atoms with van der Waals surface area (Å²) < 4.78 is 11.3. The number of likely N-dealkylation sites (tertiary alicyclic amines) is 1. The van der Waals surface area contributed by atoms with E-state index in [9.17, 15) is 0 Å². The van der Waals surface area contributed by atoms with Crippen LogP contribution < -0.4 is 5.32 Å². The van der Waals surface area contributed by atoms with E-state index in [0.717, 1.165) is 13.1 Å². The number of nitrogens with zero attached hydrogens (tertiary/aromatic N) is 1. The molecule has 2 atom stereocenters. The number of benzene rings is 1. The molecule has 0 amide bonds. The lowest BCUT2D eigenvalue weighted by Crippen LogP contribution is -2.45. The van der Waals surface area contributed by atoms with E-state index >= 15 is 0 Å². The Bertz CT molecular complexity index is 459. The third kappa shape index (κ3) is 4.07. The average Bonchev–Trinajstić information content (AvgIpc) is 3.16. The number of hydrogen-bond donors (Lipinski definition) is 1. The molecule has 2 heterocycles. The van der Waals surface area contributed by atoms with Crippen LogP contribution in [0.2, 0.25) is 0 Å². The second kappa shape index (κ2) is 7.09. The fraction of sp³-hybridized carbons (Fsp3) is 0.667. The number of rotatable bonds is 6. The summed E-state index contributed by atoms with van der Waals surface area (Å²) in [5, 5.41) is 3.61. The van der Waals surface area contributed by atoms with E-state index < -0.39 is 5.79 Å². The van der Waals surface area contributed by atoms with Crippen LogP contribution in [-0.2, 0) is 16.0 Å². The highest BCUT2D eigenvalue weighted by molar-refractivity contribution is 5.14. The zero-order valence-corrected chi connectivity index (χ0v) is 13.8. The normalized spacial score (nSPS) is 26.4. The summed E-state index contributed by atoms with van der Waals surface area (Å²) in [6.07, 6.45) is 1.26. The summed E-state index contributed by atoms with van der Waals surface area (Å²) in [5.74, 6) is 0.269. The summed E-state index contributed by atoms with van der Waals surface area (Å²) >= 11 is 0. The SMILES string of the molecule is C[C@H](NCC1(C)OCCO1)[C@@H]1CCN(Cc2ccccc2)C1. The maximum absolute atomic E-state index is 5.66. The Balaban J connectivity index is 1.43. The van der Waals surface area contributed by atoms with Gasteiger partial charge in [-0.3, -0.25) is 4.90 Å². The van der Waals surface area contributed by atoms with Crippen molar-refractivity contribution >= 4 is 0 Å². The molecular formula is C18H28N2O2. The Kier molecular flexibility index (Phi) is 5.14. The van der Waals surface area contributed by atoms with Crippen molar-refractivity contribution < 1.29 is 9.47 Å². The first-order valence-corrected chi connectivity index (χ1v) is 8.42. The van der Waals surface area contributed by atoms with Gasteiger partial charge in [0.2, 0.25) is 0 Å². The predicted molar refractivity (Wildman–Crippen MR) is 87.6 cm³/mol. The van der Waals surface area contributed by atoms with Gasteiger partial charge in [-0.1, -0.05) is 30.3 Å². The first kappa shape index (κ1) is 15.9. The standard InChI is InChI=1S/C18H28N2O2/c1-15(19-14-18(2)21-10-11-22-18)17-8-9-20(13-17)12-16-6-4-3-5-7-16/h3-7,15,17,19H,8-14H2,1-2H3/t15-,17+/m0/s1. The van der Waals surface area contributed by atoms with E-state index in [4.69, 9.17) is 9.47 Å². The van der Waals surface area contributed by atoms with Gasteiger partial charge in [-0.05, 0) is 38.3 Å². The van der Waals surface area contributed by atoms with Crippen LogP contribution in [-0.4, -0.2) is 49.6 Å². The van der Waals surface area contributed by atoms with Crippen molar-refractivity contribution in [1.29, 1.82) is 0 Å². The van der Waals surface area contributed by atoms with Crippen molar-refractivity contribution in [2.45, 2.75) is 38.6 Å². The highest BCUT2D eigenvalue weighted by Gasteiger charge is 2.33. The third-order valence-corrected chi connectivity index (χ3v) is 4.91.